The van der Waals surface area contributed by atoms with E-state index < -0.39 is 0 Å². The smallest absolute Gasteiger partial charge is 0.168 e. The molecule has 5 heteroatoms. The van der Waals surface area contributed by atoms with Gasteiger partial charge in [0.1, 0.15) is 17.5 Å². The zero-order chi connectivity index (χ0) is 19.1. The number of aryl methyl sites for hydroxylation is 1. The Morgan fingerprint density at radius 3 is 2.36 bits per heavy atom. The van der Waals surface area contributed by atoms with Crippen LogP contribution in [0, 0.1) is 11.6 Å². The van der Waals surface area contributed by atoms with Crippen LogP contribution in [0.5, 0.6) is 0 Å². The SMILES string of the molecule is Fc1ccc(C2CCc3nnc(-c4ccccc4)n3-c3cc(F)ccc32)cc1. The summed E-state index contributed by atoms with van der Waals surface area (Å²) in [4.78, 5) is 0. The highest BCUT2D eigenvalue weighted by Gasteiger charge is 2.27. The largest absolute Gasteiger partial charge is 0.279 e. The van der Waals surface area contributed by atoms with Gasteiger partial charge < -0.3 is 0 Å². The van der Waals surface area contributed by atoms with E-state index in [-0.39, 0.29) is 17.6 Å². The van der Waals surface area contributed by atoms with Crippen LogP contribution in [0.25, 0.3) is 17.1 Å². The maximum atomic E-state index is 14.2. The number of rotatable bonds is 2. The maximum absolute atomic E-state index is 14.2. The fraction of sp³-hybridized carbons (Fsp3) is 0.130. The quantitative estimate of drug-likeness (QED) is 0.478. The number of benzene rings is 3. The van der Waals surface area contributed by atoms with Crippen LogP contribution in [0.15, 0.2) is 72.8 Å². The molecule has 1 aliphatic heterocycles. The van der Waals surface area contributed by atoms with Crippen molar-refractivity contribution in [3.05, 3.63) is 101 Å². The van der Waals surface area contributed by atoms with Gasteiger partial charge in [0, 0.05) is 17.9 Å². The van der Waals surface area contributed by atoms with Gasteiger partial charge in [-0.25, -0.2) is 8.78 Å². The number of nitrogens with zero attached hydrogens (tertiary/aromatic N) is 3. The van der Waals surface area contributed by atoms with E-state index in [2.05, 4.69) is 10.2 Å². The molecule has 3 nitrogen and oxygen atoms in total. The molecular weight excluding hydrogens is 356 g/mol. The van der Waals surface area contributed by atoms with Crippen molar-refractivity contribution in [3.8, 4) is 17.1 Å². The van der Waals surface area contributed by atoms with Gasteiger partial charge in [-0.15, -0.1) is 10.2 Å². The van der Waals surface area contributed by atoms with E-state index in [0.717, 1.165) is 34.6 Å². The molecule has 0 spiro atoms. The van der Waals surface area contributed by atoms with Gasteiger partial charge in [0.15, 0.2) is 5.82 Å². The van der Waals surface area contributed by atoms with Crippen LogP contribution >= 0.6 is 0 Å². The normalized spacial score (nSPS) is 15.6. The van der Waals surface area contributed by atoms with Crippen LogP contribution in [0.2, 0.25) is 0 Å². The number of fused-ring (bicyclic) bond motifs is 3. The summed E-state index contributed by atoms with van der Waals surface area (Å²) in [6, 6.07) is 21.2. The average Bonchev–Trinajstić information content (AvgIpc) is 3.08. The third kappa shape index (κ3) is 2.80. The third-order valence-electron chi connectivity index (χ3n) is 5.30. The second kappa shape index (κ2) is 6.68. The minimum absolute atomic E-state index is 0.0292. The van der Waals surface area contributed by atoms with E-state index in [0.29, 0.717) is 12.2 Å². The molecular formula is C23H17F2N3. The van der Waals surface area contributed by atoms with E-state index in [9.17, 15) is 8.78 Å². The highest BCUT2D eigenvalue weighted by atomic mass is 19.1. The molecule has 4 aromatic rings. The molecule has 1 unspecified atom stereocenters. The Hall–Kier alpha value is -3.34. The molecule has 3 aromatic carbocycles. The summed E-state index contributed by atoms with van der Waals surface area (Å²) < 4.78 is 29.6. The molecule has 0 radical (unpaired) electrons. The van der Waals surface area contributed by atoms with Gasteiger partial charge in [-0.05, 0) is 41.8 Å². The molecule has 0 saturated carbocycles. The van der Waals surface area contributed by atoms with Gasteiger partial charge in [-0.1, -0.05) is 48.5 Å². The van der Waals surface area contributed by atoms with Crippen LogP contribution < -0.4 is 0 Å². The lowest BCUT2D eigenvalue weighted by Crippen LogP contribution is -2.06. The number of hydrogen-bond donors (Lipinski definition) is 0. The van der Waals surface area contributed by atoms with Crippen LogP contribution in [-0.4, -0.2) is 14.8 Å². The first kappa shape index (κ1) is 16.8. The summed E-state index contributed by atoms with van der Waals surface area (Å²) >= 11 is 0. The van der Waals surface area contributed by atoms with E-state index in [1.807, 2.05) is 41.0 Å². The Kier molecular flexibility index (Phi) is 4.01. The summed E-state index contributed by atoms with van der Waals surface area (Å²) in [5, 5.41) is 8.78. The Balaban J connectivity index is 1.72. The van der Waals surface area contributed by atoms with Gasteiger partial charge in [-0.3, -0.25) is 4.57 Å². The van der Waals surface area contributed by atoms with Crippen molar-refractivity contribution in [2.45, 2.75) is 18.8 Å². The second-order valence-corrected chi connectivity index (χ2v) is 6.99. The van der Waals surface area contributed by atoms with Crippen molar-refractivity contribution in [2.24, 2.45) is 0 Å². The Morgan fingerprint density at radius 1 is 0.821 bits per heavy atom. The minimum atomic E-state index is -0.308. The summed E-state index contributed by atoms with van der Waals surface area (Å²) in [6.07, 6.45) is 1.48. The minimum Gasteiger partial charge on any atom is -0.279 e. The van der Waals surface area contributed by atoms with Crippen LogP contribution in [0.3, 0.4) is 0 Å². The molecule has 1 aliphatic rings. The van der Waals surface area contributed by atoms with E-state index in [4.69, 9.17) is 0 Å². The molecule has 0 bridgehead atoms. The Labute approximate surface area is 161 Å². The van der Waals surface area contributed by atoms with E-state index in [1.54, 1.807) is 12.1 Å². The monoisotopic (exact) mass is 373 g/mol. The highest BCUT2D eigenvalue weighted by Crippen LogP contribution is 2.38. The molecule has 0 N–H and O–H groups in total. The van der Waals surface area contributed by atoms with Crippen molar-refractivity contribution in [2.75, 3.05) is 0 Å². The number of hydrogen-bond acceptors (Lipinski definition) is 2. The Bertz CT molecular complexity index is 1130. The van der Waals surface area contributed by atoms with Crippen LogP contribution in [0.4, 0.5) is 8.78 Å². The summed E-state index contributed by atoms with van der Waals surface area (Å²) in [5.41, 5.74) is 3.67. The highest BCUT2D eigenvalue weighted by molar-refractivity contribution is 5.61. The zero-order valence-electron chi connectivity index (χ0n) is 15.0. The van der Waals surface area contributed by atoms with Crippen LogP contribution in [-0.2, 0) is 6.42 Å². The molecule has 1 atom stereocenters. The van der Waals surface area contributed by atoms with Gasteiger partial charge in [0.2, 0.25) is 0 Å². The summed E-state index contributed by atoms with van der Waals surface area (Å²) in [6.45, 7) is 0. The van der Waals surface area contributed by atoms with Crippen molar-refractivity contribution < 1.29 is 8.78 Å². The summed E-state index contributed by atoms with van der Waals surface area (Å²) in [7, 11) is 0. The van der Waals surface area contributed by atoms with Gasteiger partial charge >= 0.3 is 0 Å². The van der Waals surface area contributed by atoms with Crippen molar-refractivity contribution in [1.82, 2.24) is 14.8 Å². The molecule has 138 valence electrons. The summed E-state index contributed by atoms with van der Waals surface area (Å²) in [5.74, 6) is 0.955. The van der Waals surface area contributed by atoms with Crippen molar-refractivity contribution in [3.63, 3.8) is 0 Å². The first-order valence-electron chi connectivity index (χ1n) is 9.26. The molecule has 0 saturated heterocycles. The lowest BCUT2D eigenvalue weighted by atomic mass is 9.87. The predicted molar refractivity (Wildman–Crippen MR) is 103 cm³/mol. The van der Waals surface area contributed by atoms with Gasteiger partial charge in [0.05, 0.1) is 5.69 Å². The fourth-order valence-corrected chi connectivity index (χ4v) is 3.98. The lowest BCUT2D eigenvalue weighted by Gasteiger charge is -2.19. The van der Waals surface area contributed by atoms with Gasteiger partial charge in [0.25, 0.3) is 0 Å². The van der Waals surface area contributed by atoms with Gasteiger partial charge in [-0.2, -0.15) is 0 Å². The van der Waals surface area contributed by atoms with Crippen molar-refractivity contribution >= 4 is 0 Å². The first-order chi connectivity index (χ1) is 13.7. The van der Waals surface area contributed by atoms with E-state index in [1.165, 1.54) is 24.3 Å². The predicted octanol–water partition coefficient (Wildman–Crippen LogP) is 5.29. The molecule has 0 aliphatic carbocycles. The van der Waals surface area contributed by atoms with E-state index >= 15 is 0 Å². The molecule has 2 heterocycles. The zero-order valence-corrected chi connectivity index (χ0v) is 15.0. The maximum Gasteiger partial charge on any atom is 0.168 e. The topological polar surface area (TPSA) is 30.7 Å². The van der Waals surface area contributed by atoms with Crippen LogP contribution in [0.1, 0.15) is 29.3 Å². The Morgan fingerprint density at radius 2 is 1.57 bits per heavy atom. The molecule has 0 amide bonds. The molecule has 1 aromatic heterocycles. The molecule has 5 rings (SSSR count). The fourth-order valence-electron chi connectivity index (χ4n) is 3.98. The standard InChI is InChI=1S/C23H17F2N3/c24-17-8-6-15(7-9-17)19-12-13-22-26-27-23(16-4-2-1-3-5-16)28(22)21-14-18(25)10-11-20(19)21/h1-11,14,19H,12-13H2. The second-order valence-electron chi connectivity index (χ2n) is 6.99. The number of halogens is 2. The number of aromatic nitrogens is 3. The van der Waals surface area contributed by atoms with Crippen molar-refractivity contribution in [1.29, 1.82) is 0 Å². The average molecular weight is 373 g/mol. The third-order valence-corrected chi connectivity index (χ3v) is 5.30. The molecule has 0 fully saturated rings. The molecule has 28 heavy (non-hydrogen) atoms. The first-order valence-corrected chi connectivity index (χ1v) is 9.26. The lowest BCUT2D eigenvalue weighted by molar-refractivity contribution is 0.623.